The van der Waals surface area contributed by atoms with Crippen LogP contribution in [0.1, 0.15) is 11.1 Å². The van der Waals surface area contributed by atoms with E-state index in [1.165, 1.54) is 24.3 Å². The van der Waals surface area contributed by atoms with Gasteiger partial charge in [0.25, 0.3) is 0 Å². The average molecular weight is 390 g/mol. The Labute approximate surface area is 165 Å². The first-order chi connectivity index (χ1) is 14.1. The van der Waals surface area contributed by atoms with Gasteiger partial charge in [0.05, 0.1) is 0 Å². The maximum Gasteiger partial charge on any atom is 0.166 e. The molecule has 0 unspecified atom stereocenters. The van der Waals surface area contributed by atoms with Gasteiger partial charge in [0.1, 0.15) is 0 Å². The molecule has 29 heavy (non-hydrogen) atoms. The zero-order valence-corrected chi connectivity index (χ0v) is 15.1. The molecular weight excluding hydrogens is 376 g/mol. The molecule has 0 heterocycles. The second-order valence-corrected chi connectivity index (χ2v) is 7.05. The summed E-state index contributed by atoms with van der Waals surface area (Å²) >= 11 is 0. The van der Waals surface area contributed by atoms with E-state index in [9.17, 15) is 17.6 Å². The highest BCUT2D eigenvalue weighted by molar-refractivity contribution is 5.93. The first-order valence-corrected chi connectivity index (χ1v) is 9.19. The Bertz CT molecular complexity index is 1270. The maximum absolute atomic E-state index is 14.8. The van der Waals surface area contributed by atoms with E-state index in [1.807, 2.05) is 30.3 Å². The van der Waals surface area contributed by atoms with Gasteiger partial charge in [-0.25, -0.2) is 17.6 Å². The van der Waals surface area contributed by atoms with Crippen molar-refractivity contribution in [2.24, 2.45) is 0 Å². The fraction of sp³-hybridized carbons (Fsp3) is 0.0400. The molecule has 0 spiro atoms. The zero-order valence-electron chi connectivity index (χ0n) is 15.1. The lowest BCUT2D eigenvalue weighted by atomic mass is 9.87. The Morgan fingerprint density at radius 1 is 0.483 bits per heavy atom. The Morgan fingerprint density at radius 2 is 1.07 bits per heavy atom. The highest BCUT2D eigenvalue weighted by Gasteiger charge is 2.27. The molecular formula is C25H14F4. The predicted molar refractivity (Wildman–Crippen MR) is 105 cm³/mol. The van der Waals surface area contributed by atoms with Crippen LogP contribution in [0.25, 0.3) is 33.4 Å². The van der Waals surface area contributed by atoms with Gasteiger partial charge >= 0.3 is 0 Å². The Morgan fingerprint density at radius 3 is 1.83 bits per heavy atom. The Kier molecular flexibility index (Phi) is 4.02. The van der Waals surface area contributed by atoms with Crippen LogP contribution >= 0.6 is 0 Å². The molecule has 0 fully saturated rings. The van der Waals surface area contributed by atoms with E-state index in [0.29, 0.717) is 17.5 Å². The van der Waals surface area contributed by atoms with Gasteiger partial charge in [0.2, 0.25) is 0 Å². The molecule has 0 radical (unpaired) electrons. The number of rotatable bonds is 2. The van der Waals surface area contributed by atoms with Crippen molar-refractivity contribution in [2.45, 2.75) is 6.42 Å². The molecule has 4 aromatic carbocycles. The van der Waals surface area contributed by atoms with Gasteiger partial charge in [-0.3, -0.25) is 0 Å². The van der Waals surface area contributed by atoms with Crippen molar-refractivity contribution in [2.75, 3.05) is 0 Å². The molecule has 0 amide bonds. The topological polar surface area (TPSA) is 0 Å². The monoisotopic (exact) mass is 390 g/mol. The molecule has 0 nitrogen and oxygen atoms in total. The van der Waals surface area contributed by atoms with Crippen LogP contribution in [0.4, 0.5) is 17.6 Å². The lowest BCUT2D eigenvalue weighted by Crippen LogP contribution is -1.99. The first-order valence-electron chi connectivity index (χ1n) is 9.19. The summed E-state index contributed by atoms with van der Waals surface area (Å²) in [6.45, 7) is 0. The molecule has 1 aliphatic carbocycles. The third-order valence-electron chi connectivity index (χ3n) is 5.45. The molecule has 0 aliphatic heterocycles. The largest absolute Gasteiger partial charge is 0.204 e. The third kappa shape index (κ3) is 2.67. The Hall–Kier alpha value is -3.40. The van der Waals surface area contributed by atoms with Gasteiger partial charge in [-0.15, -0.1) is 0 Å². The van der Waals surface area contributed by atoms with E-state index < -0.39 is 23.3 Å². The van der Waals surface area contributed by atoms with Crippen molar-refractivity contribution in [1.82, 2.24) is 0 Å². The standard InChI is InChI=1S/C25H14F4/c26-21-9-3-7-18(24(21)28)17-12-11-16-15-6-2-1-5-14(15)13-20(16)23(17)19-8-4-10-22(27)25(19)29/h1-12H,13H2. The molecule has 5 rings (SSSR count). The van der Waals surface area contributed by atoms with Crippen LogP contribution in [0.5, 0.6) is 0 Å². The zero-order chi connectivity index (χ0) is 20.1. The normalized spacial score (nSPS) is 12.0. The van der Waals surface area contributed by atoms with Crippen LogP contribution in [0.2, 0.25) is 0 Å². The Balaban J connectivity index is 1.87. The van der Waals surface area contributed by atoms with Crippen molar-refractivity contribution in [3.8, 4) is 33.4 Å². The van der Waals surface area contributed by atoms with Crippen LogP contribution in [-0.2, 0) is 6.42 Å². The molecule has 0 saturated carbocycles. The van der Waals surface area contributed by atoms with Gasteiger partial charge in [-0.1, -0.05) is 60.7 Å². The van der Waals surface area contributed by atoms with Gasteiger partial charge in [-0.05, 0) is 51.9 Å². The summed E-state index contributed by atoms with van der Waals surface area (Å²) in [6.07, 6.45) is 0.502. The lowest BCUT2D eigenvalue weighted by Gasteiger charge is -2.17. The van der Waals surface area contributed by atoms with Crippen molar-refractivity contribution < 1.29 is 17.6 Å². The molecule has 0 N–H and O–H groups in total. The van der Waals surface area contributed by atoms with E-state index in [4.69, 9.17) is 0 Å². The number of benzene rings is 4. The fourth-order valence-corrected chi connectivity index (χ4v) is 4.15. The van der Waals surface area contributed by atoms with Gasteiger partial charge < -0.3 is 0 Å². The maximum atomic E-state index is 14.8. The molecule has 0 bridgehead atoms. The van der Waals surface area contributed by atoms with Crippen molar-refractivity contribution in [1.29, 1.82) is 0 Å². The summed E-state index contributed by atoms with van der Waals surface area (Å²) < 4.78 is 57.4. The molecule has 0 aromatic heterocycles. The van der Waals surface area contributed by atoms with Gasteiger partial charge in [0.15, 0.2) is 23.3 Å². The van der Waals surface area contributed by atoms with Crippen molar-refractivity contribution in [3.63, 3.8) is 0 Å². The van der Waals surface area contributed by atoms with Crippen molar-refractivity contribution in [3.05, 3.63) is 107 Å². The van der Waals surface area contributed by atoms with E-state index in [0.717, 1.165) is 34.4 Å². The van der Waals surface area contributed by atoms with E-state index in [2.05, 4.69) is 0 Å². The fourth-order valence-electron chi connectivity index (χ4n) is 4.15. The smallest absolute Gasteiger partial charge is 0.166 e. The number of hydrogen-bond donors (Lipinski definition) is 0. The van der Waals surface area contributed by atoms with E-state index >= 15 is 0 Å². The minimum Gasteiger partial charge on any atom is -0.204 e. The van der Waals surface area contributed by atoms with Crippen LogP contribution in [0.3, 0.4) is 0 Å². The summed E-state index contributed by atoms with van der Waals surface area (Å²) in [4.78, 5) is 0. The van der Waals surface area contributed by atoms with E-state index in [-0.39, 0.29) is 11.1 Å². The van der Waals surface area contributed by atoms with E-state index in [1.54, 1.807) is 6.07 Å². The van der Waals surface area contributed by atoms with Crippen LogP contribution in [0, 0.1) is 23.3 Å². The molecule has 0 saturated heterocycles. The third-order valence-corrected chi connectivity index (χ3v) is 5.45. The minimum absolute atomic E-state index is 0.0161. The summed E-state index contributed by atoms with van der Waals surface area (Å²) in [6, 6.07) is 19.1. The highest BCUT2D eigenvalue weighted by atomic mass is 19.2. The van der Waals surface area contributed by atoms with Crippen LogP contribution in [0.15, 0.2) is 72.8 Å². The number of halogens is 4. The number of hydrogen-bond acceptors (Lipinski definition) is 0. The number of fused-ring (bicyclic) bond motifs is 3. The van der Waals surface area contributed by atoms with Crippen molar-refractivity contribution >= 4 is 0 Å². The summed E-state index contributed by atoms with van der Waals surface area (Å²) in [5.74, 6) is -3.99. The average Bonchev–Trinajstić information content (AvgIpc) is 3.10. The summed E-state index contributed by atoms with van der Waals surface area (Å²) in [7, 11) is 0. The van der Waals surface area contributed by atoms with Gasteiger partial charge in [0, 0.05) is 11.1 Å². The lowest BCUT2D eigenvalue weighted by molar-refractivity contribution is 0.510. The van der Waals surface area contributed by atoms with Crippen LogP contribution in [-0.4, -0.2) is 0 Å². The first kappa shape index (κ1) is 17.7. The second kappa shape index (κ2) is 6.59. The quantitative estimate of drug-likeness (QED) is 0.281. The molecule has 1 aliphatic rings. The molecule has 0 atom stereocenters. The van der Waals surface area contributed by atoms with Crippen LogP contribution < -0.4 is 0 Å². The molecule has 4 heteroatoms. The summed E-state index contributed by atoms with van der Waals surface area (Å²) in [5.41, 5.74) is 4.50. The SMILES string of the molecule is Fc1cccc(-c2ccc3c(c2-c2cccc(F)c2F)Cc2ccccc2-3)c1F. The minimum atomic E-state index is -1.01. The summed E-state index contributed by atoms with van der Waals surface area (Å²) in [5, 5.41) is 0. The highest BCUT2D eigenvalue weighted by Crippen LogP contribution is 2.47. The predicted octanol–water partition coefficient (Wildman–Crippen LogP) is 7.15. The molecule has 142 valence electrons. The molecule has 4 aromatic rings. The van der Waals surface area contributed by atoms with Gasteiger partial charge in [-0.2, -0.15) is 0 Å². The second-order valence-electron chi connectivity index (χ2n) is 7.05.